The largest absolute Gasteiger partial charge is 0.481 e. The standard InChI is InChI=1S/C9H17NO3/c1-7(9(11)12)6-10-8-2-4-13-5-3-8/h7-8,10H,2-6H2,1H3,(H,11,12). The van der Waals surface area contributed by atoms with Gasteiger partial charge < -0.3 is 15.2 Å². The Morgan fingerprint density at radius 3 is 2.77 bits per heavy atom. The third-order valence-electron chi connectivity index (χ3n) is 2.36. The summed E-state index contributed by atoms with van der Waals surface area (Å²) < 4.78 is 5.20. The molecule has 1 aliphatic heterocycles. The van der Waals surface area contributed by atoms with Crippen LogP contribution in [-0.4, -0.2) is 36.9 Å². The van der Waals surface area contributed by atoms with Crippen LogP contribution >= 0.6 is 0 Å². The zero-order valence-electron chi connectivity index (χ0n) is 7.95. The molecule has 0 aromatic rings. The van der Waals surface area contributed by atoms with E-state index in [9.17, 15) is 4.79 Å². The number of hydrogen-bond acceptors (Lipinski definition) is 3. The summed E-state index contributed by atoms with van der Waals surface area (Å²) in [5.41, 5.74) is 0. The molecule has 0 saturated carbocycles. The number of carboxylic acid groups (broad SMARTS) is 1. The molecule has 0 amide bonds. The van der Waals surface area contributed by atoms with Gasteiger partial charge in [-0.05, 0) is 12.8 Å². The van der Waals surface area contributed by atoms with Crippen molar-refractivity contribution < 1.29 is 14.6 Å². The molecule has 1 heterocycles. The first kappa shape index (κ1) is 10.5. The minimum atomic E-state index is -0.737. The molecule has 4 nitrogen and oxygen atoms in total. The van der Waals surface area contributed by atoms with Crippen molar-refractivity contribution in [1.29, 1.82) is 0 Å². The number of carbonyl (C=O) groups is 1. The van der Waals surface area contributed by atoms with E-state index in [1.807, 2.05) is 0 Å². The highest BCUT2D eigenvalue weighted by Crippen LogP contribution is 2.06. The second-order valence-corrected chi connectivity index (χ2v) is 3.53. The maximum Gasteiger partial charge on any atom is 0.307 e. The van der Waals surface area contributed by atoms with Gasteiger partial charge in [0.25, 0.3) is 0 Å². The molecule has 1 atom stereocenters. The fourth-order valence-electron chi connectivity index (χ4n) is 1.33. The maximum atomic E-state index is 10.5. The lowest BCUT2D eigenvalue weighted by Gasteiger charge is -2.23. The summed E-state index contributed by atoms with van der Waals surface area (Å²) in [5, 5.41) is 11.9. The molecular weight excluding hydrogens is 170 g/mol. The zero-order chi connectivity index (χ0) is 9.68. The molecule has 0 aromatic heterocycles. The van der Waals surface area contributed by atoms with Gasteiger partial charge >= 0.3 is 5.97 Å². The molecule has 1 unspecified atom stereocenters. The molecule has 1 rings (SSSR count). The van der Waals surface area contributed by atoms with E-state index in [4.69, 9.17) is 9.84 Å². The highest BCUT2D eigenvalue weighted by atomic mass is 16.5. The topological polar surface area (TPSA) is 58.6 Å². The number of rotatable bonds is 4. The zero-order valence-corrected chi connectivity index (χ0v) is 7.95. The van der Waals surface area contributed by atoms with Crippen molar-refractivity contribution in [1.82, 2.24) is 5.32 Å². The molecule has 1 fully saturated rings. The van der Waals surface area contributed by atoms with Gasteiger partial charge in [-0.15, -0.1) is 0 Å². The van der Waals surface area contributed by atoms with E-state index in [1.165, 1.54) is 0 Å². The smallest absolute Gasteiger partial charge is 0.307 e. The van der Waals surface area contributed by atoms with Crippen molar-refractivity contribution in [2.75, 3.05) is 19.8 Å². The van der Waals surface area contributed by atoms with Crippen LogP contribution in [0.25, 0.3) is 0 Å². The first-order chi connectivity index (χ1) is 6.20. The lowest BCUT2D eigenvalue weighted by Crippen LogP contribution is -2.38. The van der Waals surface area contributed by atoms with Crippen molar-refractivity contribution in [2.45, 2.75) is 25.8 Å². The molecule has 1 aliphatic rings. The molecule has 1 saturated heterocycles. The third kappa shape index (κ3) is 3.74. The van der Waals surface area contributed by atoms with Crippen molar-refractivity contribution in [2.24, 2.45) is 5.92 Å². The van der Waals surface area contributed by atoms with Gasteiger partial charge in [-0.2, -0.15) is 0 Å². The molecule has 0 aromatic carbocycles. The minimum absolute atomic E-state index is 0.303. The van der Waals surface area contributed by atoms with Crippen LogP contribution in [0.1, 0.15) is 19.8 Å². The molecular formula is C9H17NO3. The van der Waals surface area contributed by atoms with Gasteiger partial charge in [0.15, 0.2) is 0 Å². The average molecular weight is 187 g/mol. The summed E-state index contributed by atoms with van der Waals surface area (Å²) in [6.45, 7) is 3.85. The summed E-state index contributed by atoms with van der Waals surface area (Å²) in [5.74, 6) is -1.04. The van der Waals surface area contributed by atoms with E-state index in [1.54, 1.807) is 6.92 Å². The van der Waals surface area contributed by atoms with E-state index in [2.05, 4.69) is 5.32 Å². The SMILES string of the molecule is CC(CNC1CCOCC1)C(=O)O. The highest BCUT2D eigenvalue weighted by Gasteiger charge is 2.16. The lowest BCUT2D eigenvalue weighted by molar-refractivity contribution is -0.141. The van der Waals surface area contributed by atoms with Crippen LogP contribution in [0.15, 0.2) is 0 Å². The van der Waals surface area contributed by atoms with Crippen molar-refractivity contribution >= 4 is 5.97 Å². The minimum Gasteiger partial charge on any atom is -0.481 e. The van der Waals surface area contributed by atoms with Crippen molar-refractivity contribution in [3.8, 4) is 0 Å². The molecule has 0 aliphatic carbocycles. The van der Waals surface area contributed by atoms with E-state index in [0.717, 1.165) is 26.1 Å². The quantitative estimate of drug-likeness (QED) is 0.672. The Morgan fingerprint density at radius 1 is 1.62 bits per heavy atom. The van der Waals surface area contributed by atoms with Gasteiger partial charge in [-0.1, -0.05) is 6.92 Å². The molecule has 13 heavy (non-hydrogen) atoms. The second-order valence-electron chi connectivity index (χ2n) is 3.53. The predicted molar refractivity (Wildman–Crippen MR) is 48.6 cm³/mol. The van der Waals surface area contributed by atoms with E-state index < -0.39 is 5.97 Å². The van der Waals surface area contributed by atoms with Gasteiger partial charge in [-0.3, -0.25) is 4.79 Å². The fraction of sp³-hybridized carbons (Fsp3) is 0.889. The summed E-state index contributed by atoms with van der Waals surface area (Å²) in [4.78, 5) is 10.5. The van der Waals surface area contributed by atoms with Crippen LogP contribution in [0.2, 0.25) is 0 Å². The second kappa shape index (κ2) is 5.19. The normalized spacial score (nSPS) is 21.3. The maximum absolute atomic E-state index is 10.5. The summed E-state index contributed by atoms with van der Waals surface area (Å²) in [6, 6.07) is 0.440. The fourth-order valence-corrected chi connectivity index (χ4v) is 1.33. The molecule has 4 heteroatoms. The Kier molecular flexibility index (Phi) is 4.18. The molecule has 0 bridgehead atoms. The van der Waals surface area contributed by atoms with Crippen molar-refractivity contribution in [3.05, 3.63) is 0 Å². The molecule has 0 radical (unpaired) electrons. The first-order valence-electron chi connectivity index (χ1n) is 4.74. The van der Waals surface area contributed by atoms with Gasteiger partial charge in [0.2, 0.25) is 0 Å². The van der Waals surface area contributed by atoms with Crippen LogP contribution in [-0.2, 0) is 9.53 Å². The van der Waals surface area contributed by atoms with Crippen LogP contribution in [0.5, 0.6) is 0 Å². The number of ether oxygens (including phenoxy) is 1. The average Bonchev–Trinajstić information content (AvgIpc) is 2.15. The van der Waals surface area contributed by atoms with E-state index in [-0.39, 0.29) is 5.92 Å². The highest BCUT2D eigenvalue weighted by molar-refractivity contribution is 5.69. The van der Waals surface area contributed by atoms with Crippen molar-refractivity contribution in [3.63, 3.8) is 0 Å². The Morgan fingerprint density at radius 2 is 2.23 bits per heavy atom. The van der Waals surface area contributed by atoms with Crippen LogP contribution in [0.4, 0.5) is 0 Å². The predicted octanol–water partition coefficient (Wildman–Crippen LogP) is 0.476. The van der Waals surface area contributed by atoms with E-state index >= 15 is 0 Å². The summed E-state index contributed by atoms with van der Waals surface area (Å²) in [6.07, 6.45) is 1.98. The van der Waals surface area contributed by atoms with Crippen LogP contribution in [0, 0.1) is 5.92 Å². The van der Waals surface area contributed by atoms with E-state index in [0.29, 0.717) is 12.6 Å². The first-order valence-corrected chi connectivity index (χ1v) is 4.74. The van der Waals surface area contributed by atoms with Gasteiger partial charge in [0.05, 0.1) is 5.92 Å². The number of aliphatic carboxylic acids is 1. The molecule has 76 valence electrons. The number of nitrogens with one attached hydrogen (secondary N) is 1. The summed E-state index contributed by atoms with van der Waals surface area (Å²) >= 11 is 0. The Hall–Kier alpha value is -0.610. The lowest BCUT2D eigenvalue weighted by atomic mass is 10.1. The Labute approximate surface area is 78.3 Å². The summed E-state index contributed by atoms with van der Waals surface area (Å²) in [7, 11) is 0. The van der Waals surface area contributed by atoms with Gasteiger partial charge in [0, 0.05) is 25.8 Å². The Bertz CT molecular complexity index is 166. The van der Waals surface area contributed by atoms with Crippen LogP contribution < -0.4 is 5.32 Å². The third-order valence-corrected chi connectivity index (χ3v) is 2.36. The molecule has 2 N–H and O–H groups in total. The molecule has 0 spiro atoms. The monoisotopic (exact) mass is 187 g/mol. The van der Waals surface area contributed by atoms with Crippen LogP contribution in [0.3, 0.4) is 0 Å². The Balaban J connectivity index is 2.13. The van der Waals surface area contributed by atoms with Gasteiger partial charge in [-0.25, -0.2) is 0 Å². The number of carboxylic acids is 1. The number of hydrogen-bond donors (Lipinski definition) is 2. The van der Waals surface area contributed by atoms with Gasteiger partial charge in [0.1, 0.15) is 0 Å².